The van der Waals surface area contributed by atoms with Crippen LogP contribution in [0.3, 0.4) is 0 Å². The number of aromatic nitrogens is 1. The molecule has 45 heavy (non-hydrogen) atoms. The van der Waals surface area contributed by atoms with E-state index in [2.05, 4.69) is 172 Å². The summed E-state index contributed by atoms with van der Waals surface area (Å²) < 4.78 is 0. The zero-order chi connectivity index (χ0) is 30.4. The molecule has 1 heterocycles. The summed E-state index contributed by atoms with van der Waals surface area (Å²) in [6.45, 7) is 4.70. The monoisotopic (exact) mass is 575 g/mol. The Balaban J connectivity index is 1.26. The van der Waals surface area contributed by atoms with Crippen molar-refractivity contribution in [3.05, 3.63) is 175 Å². The van der Waals surface area contributed by atoms with Gasteiger partial charge in [-0.15, -0.1) is 0 Å². The molecule has 0 unspecified atom stereocenters. The van der Waals surface area contributed by atoms with E-state index in [0.29, 0.717) is 0 Å². The summed E-state index contributed by atoms with van der Waals surface area (Å²) in [4.78, 5) is 5.16. The molecule has 0 amide bonds. The van der Waals surface area contributed by atoms with Crippen LogP contribution >= 0.6 is 0 Å². The lowest BCUT2D eigenvalue weighted by Gasteiger charge is -2.23. The lowest BCUT2D eigenvalue weighted by molar-refractivity contribution is 0.660. The first kappa shape index (κ1) is 27.0. The van der Waals surface area contributed by atoms with Gasteiger partial charge >= 0.3 is 0 Å². The van der Waals surface area contributed by atoms with Crippen LogP contribution in [0.5, 0.6) is 0 Å². The molecule has 214 valence electrons. The van der Waals surface area contributed by atoms with Crippen LogP contribution in [0, 0.1) is 0 Å². The summed E-state index contributed by atoms with van der Waals surface area (Å²) in [6.07, 6.45) is 0. The third kappa shape index (κ3) is 4.78. The van der Waals surface area contributed by atoms with E-state index in [1.54, 1.807) is 0 Å². The first-order valence-electron chi connectivity index (χ1n) is 15.6. The van der Waals surface area contributed by atoms with Gasteiger partial charge in [0.05, 0.1) is 11.4 Å². The summed E-state index contributed by atoms with van der Waals surface area (Å²) in [6, 6.07) is 58.9. The predicted molar refractivity (Wildman–Crippen MR) is 189 cm³/mol. The number of benzene rings is 6. The zero-order valence-electron chi connectivity index (χ0n) is 25.5. The van der Waals surface area contributed by atoms with Crippen LogP contribution in [0.1, 0.15) is 25.0 Å². The minimum Gasteiger partial charge on any atom is -0.248 e. The molecule has 0 saturated carbocycles. The second-order valence-electron chi connectivity index (χ2n) is 12.4. The molecule has 0 N–H and O–H groups in total. The van der Waals surface area contributed by atoms with Crippen LogP contribution in [0.15, 0.2) is 164 Å². The molecule has 1 aliphatic carbocycles. The number of pyridine rings is 1. The summed E-state index contributed by atoms with van der Waals surface area (Å²) in [7, 11) is 0. The lowest BCUT2D eigenvalue weighted by Crippen LogP contribution is -2.15. The average molecular weight is 576 g/mol. The fraction of sp³-hybridized carbons (Fsp3) is 0.0682. The van der Waals surface area contributed by atoms with E-state index in [0.717, 1.165) is 28.1 Å². The molecular formula is C44H33N. The van der Waals surface area contributed by atoms with E-state index in [-0.39, 0.29) is 5.41 Å². The Morgan fingerprint density at radius 3 is 1.44 bits per heavy atom. The van der Waals surface area contributed by atoms with Crippen molar-refractivity contribution in [2.45, 2.75) is 19.3 Å². The summed E-state index contributed by atoms with van der Waals surface area (Å²) in [5, 5.41) is 0. The molecule has 1 heteroatoms. The van der Waals surface area contributed by atoms with Crippen LogP contribution < -0.4 is 0 Å². The Bertz CT molecular complexity index is 2080. The smallest absolute Gasteiger partial charge is 0.0715 e. The van der Waals surface area contributed by atoms with Gasteiger partial charge in [-0.05, 0) is 79.9 Å². The number of hydrogen-bond donors (Lipinski definition) is 0. The van der Waals surface area contributed by atoms with Crippen LogP contribution in [0.4, 0.5) is 0 Å². The van der Waals surface area contributed by atoms with Gasteiger partial charge in [0, 0.05) is 16.5 Å². The Labute approximate surface area is 265 Å². The SMILES string of the molecule is CC1(C)c2ccccc2-c2cc(-c3ccccc3)c(-c3ccc(-c4cc(-c5ccccc5)cc(-c5ccccc5)n4)cc3)cc21. The second kappa shape index (κ2) is 10.9. The first-order chi connectivity index (χ1) is 22.1. The normalized spacial score (nSPS) is 12.8. The summed E-state index contributed by atoms with van der Waals surface area (Å²) >= 11 is 0. The Morgan fingerprint density at radius 1 is 0.333 bits per heavy atom. The second-order valence-corrected chi connectivity index (χ2v) is 12.4. The molecule has 7 aromatic rings. The average Bonchev–Trinajstić information content (AvgIpc) is 3.34. The molecule has 0 aliphatic heterocycles. The van der Waals surface area contributed by atoms with Crippen molar-refractivity contribution in [1.82, 2.24) is 4.98 Å². The standard InChI is InChI=1S/C44H33N/c1-44(2)40-21-13-12-20-36(40)39-28-37(31-16-8-4-9-17-31)38(29-41(39)44)32-22-24-34(25-23-32)43-27-35(30-14-6-3-7-15-30)26-42(45-43)33-18-10-5-11-19-33/h3-29H,1-2H3. The van der Waals surface area contributed by atoms with Crippen molar-refractivity contribution < 1.29 is 0 Å². The minimum absolute atomic E-state index is 0.0640. The Hall–Kier alpha value is -5.53. The highest BCUT2D eigenvalue weighted by molar-refractivity contribution is 5.93. The van der Waals surface area contributed by atoms with E-state index in [1.807, 2.05) is 6.07 Å². The maximum atomic E-state index is 5.16. The van der Waals surface area contributed by atoms with Gasteiger partial charge in [0.15, 0.2) is 0 Å². The van der Waals surface area contributed by atoms with Crippen LogP contribution in [-0.4, -0.2) is 4.98 Å². The van der Waals surface area contributed by atoms with E-state index in [1.165, 1.54) is 50.1 Å². The highest BCUT2D eigenvalue weighted by Gasteiger charge is 2.36. The first-order valence-corrected chi connectivity index (χ1v) is 15.6. The van der Waals surface area contributed by atoms with E-state index in [9.17, 15) is 0 Å². The maximum Gasteiger partial charge on any atom is 0.0715 e. The molecule has 1 nitrogen and oxygen atoms in total. The van der Waals surface area contributed by atoms with Gasteiger partial charge < -0.3 is 0 Å². The molecule has 0 atom stereocenters. The number of rotatable bonds is 5. The highest BCUT2D eigenvalue weighted by Crippen LogP contribution is 2.51. The van der Waals surface area contributed by atoms with E-state index >= 15 is 0 Å². The van der Waals surface area contributed by atoms with Crippen molar-refractivity contribution in [3.63, 3.8) is 0 Å². The summed E-state index contributed by atoms with van der Waals surface area (Å²) in [5.74, 6) is 0. The molecule has 0 bridgehead atoms. The number of fused-ring (bicyclic) bond motifs is 3. The number of nitrogens with zero attached hydrogens (tertiary/aromatic N) is 1. The molecule has 1 aromatic heterocycles. The Kier molecular flexibility index (Phi) is 6.54. The van der Waals surface area contributed by atoms with Gasteiger partial charge in [0.25, 0.3) is 0 Å². The molecule has 1 aliphatic rings. The topological polar surface area (TPSA) is 12.9 Å². The molecule has 6 aromatic carbocycles. The van der Waals surface area contributed by atoms with Gasteiger partial charge in [-0.1, -0.05) is 153 Å². The molecule has 0 saturated heterocycles. The van der Waals surface area contributed by atoms with Crippen molar-refractivity contribution in [3.8, 4) is 67.0 Å². The van der Waals surface area contributed by atoms with Crippen molar-refractivity contribution in [2.24, 2.45) is 0 Å². The van der Waals surface area contributed by atoms with Crippen LogP contribution in [0.2, 0.25) is 0 Å². The predicted octanol–water partition coefficient (Wildman–Crippen LogP) is 11.7. The van der Waals surface area contributed by atoms with Crippen LogP contribution in [-0.2, 0) is 5.41 Å². The fourth-order valence-electron chi connectivity index (χ4n) is 6.90. The summed E-state index contributed by atoms with van der Waals surface area (Å²) in [5.41, 5.74) is 16.8. The number of hydrogen-bond acceptors (Lipinski definition) is 1. The molecule has 0 fully saturated rings. The molecule has 0 spiro atoms. The lowest BCUT2D eigenvalue weighted by atomic mass is 9.80. The third-order valence-electron chi connectivity index (χ3n) is 9.30. The van der Waals surface area contributed by atoms with E-state index in [4.69, 9.17) is 4.98 Å². The quantitative estimate of drug-likeness (QED) is 0.199. The van der Waals surface area contributed by atoms with E-state index < -0.39 is 0 Å². The third-order valence-corrected chi connectivity index (χ3v) is 9.30. The largest absolute Gasteiger partial charge is 0.248 e. The Morgan fingerprint density at radius 2 is 0.800 bits per heavy atom. The van der Waals surface area contributed by atoms with Crippen LogP contribution in [0.25, 0.3) is 67.0 Å². The van der Waals surface area contributed by atoms with Gasteiger partial charge in [-0.25, -0.2) is 4.98 Å². The minimum atomic E-state index is -0.0640. The van der Waals surface area contributed by atoms with Crippen molar-refractivity contribution in [2.75, 3.05) is 0 Å². The maximum absolute atomic E-state index is 5.16. The van der Waals surface area contributed by atoms with Crippen molar-refractivity contribution >= 4 is 0 Å². The van der Waals surface area contributed by atoms with Gasteiger partial charge in [-0.2, -0.15) is 0 Å². The molecule has 0 radical (unpaired) electrons. The van der Waals surface area contributed by atoms with Crippen molar-refractivity contribution in [1.29, 1.82) is 0 Å². The molecule has 8 rings (SSSR count). The van der Waals surface area contributed by atoms with Gasteiger partial charge in [0.2, 0.25) is 0 Å². The van der Waals surface area contributed by atoms with Gasteiger partial charge in [0.1, 0.15) is 0 Å². The fourth-order valence-corrected chi connectivity index (χ4v) is 6.90. The highest BCUT2D eigenvalue weighted by atomic mass is 14.7. The van der Waals surface area contributed by atoms with Gasteiger partial charge in [-0.3, -0.25) is 0 Å². The molecular weight excluding hydrogens is 542 g/mol. The zero-order valence-corrected chi connectivity index (χ0v) is 25.5.